The van der Waals surface area contributed by atoms with Crippen LogP contribution in [0, 0.1) is 17.2 Å². The summed E-state index contributed by atoms with van der Waals surface area (Å²) in [7, 11) is 1.73. The zero-order valence-electron chi connectivity index (χ0n) is 12.1. The van der Waals surface area contributed by atoms with Crippen LogP contribution in [0.5, 0.6) is 0 Å². The van der Waals surface area contributed by atoms with Gasteiger partial charge in [-0.2, -0.15) is 5.26 Å². The van der Waals surface area contributed by atoms with E-state index in [0.717, 1.165) is 25.6 Å². The third-order valence-electron chi connectivity index (χ3n) is 3.57. The standard InChI is InChI=1S/C14H27N3O/c1-11(2)16-14(9-15)10-17(7-8-18-4)12(3)13-5-6-13/h11-14,16H,5-8,10H2,1-4H3. The molecule has 2 unspecified atom stereocenters. The lowest BCUT2D eigenvalue weighted by molar-refractivity contribution is 0.112. The second kappa shape index (κ2) is 7.73. The van der Waals surface area contributed by atoms with Crippen LogP contribution in [0.25, 0.3) is 0 Å². The Morgan fingerprint density at radius 3 is 2.50 bits per heavy atom. The van der Waals surface area contributed by atoms with Crippen molar-refractivity contribution in [2.24, 2.45) is 5.92 Å². The van der Waals surface area contributed by atoms with Crippen LogP contribution in [0.1, 0.15) is 33.6 Å². The lowest BCUT2D eigenvalue weighted by atomic mass is 10.1. The Morgan fingerprint density at radius 1 is 1.39 bits per heavy atom. The Hall–Kier alpha value is -0.630. The second-order valence-corrected chi connectivity index (χ2v) is 5.57. The molecule has 0 saturated heterocycles. The predicted molar refractivity (Wildman–Crippen MR) is 73.3 cm³/mol. The molecular formula is C14H27N3O. The van der Waals surface area contributed by atoms with Gasteiger partial charge in [-0.05, 0) is 39.5 Å². The lowest BCUT2D eigenvalue weighted by Crippen LogP contribution is -2.47. The van der Waals surface area contributed by atoms with Gasteiger partial charge in [0, 0.05) is 32.3 Å². The van der Waals surface area contributed by atoms with Gasteiger partial charge in [-0.3, -0.25) is 10.2 Å². The van der Waals surface area contributed by atoms with Crippen LogP contribution in [-0.2, 0) is 4.74 Å². The molecule has 0 bridgehead atoms. The summed E-state index contributed by atoms with van der Waals surface area (Å²) in [6.07, 6.45) is 2.67. The summed E-state index contributed by atoms with van der Waals surface area (Å²) in [5.74, 6) is 0.820. The van der Waals surface area contributed by atoms with Gasteiger partial charge in [-0.1, -0.05) is 0 Å². The number of methoxy groups -OCH3 is 1. The Balaban J connectivity index is 2.49. The fraction of sp³-hybridized carbons (Fsp3) is 0.929. The average molecular weight is 253 g/mol. The molecule has 0 heterocycles. The zero-order chi connectivity index (χ0) is 13.5. The first-order valence-corrected chi connectivity index (χ1v) is 6.97. The van der Waals surface area contributed by atoms with Gasteiger partial charge in [-0.15, -0.1) is 0 Å². The minimum absolute atomic E-state index is 0.0944. The molecule has 0 aromatic heterocycles. The minimum atomic E-state index is -0.0944. The van der Waals surface area contributed by atoms with E-state index in [4.69, 9.17) is 4.74 Å². The maximum absolute atomic E-state index is 9.21. The van der Waals surface area contributed by atoms with Crippen LogP contribution in [0.4, 0.5) is 0 Å². The maximum atomic E-state index is 9.21. The van der Waals surface area contributed by atoms with Crippen molar-refractivity contribution in [1.82, 2.24) is 10.2 Å². The maximum Gasteiger partial charge on any atom is 0.108 e. The summed E-state index contributed by atoms with van der Waals surface area (Å²) in [6.45, 7) is 8.86. The fourth-order valence-electron chi connectivity index (χ4n) is 2.31. The zero-order valence-corrected chi connectivity index (χ0v) is 12.1. The summed E-state index contributed by atoms with van der Waals surface area (Å²) in [6, 6.07) is 3.17. The highest BCUT2D eigenvalue weighted by Gasteiger charge is 2.32. The monoisotopic (exact) mass is 253 g/mol. The third-order valence-corrected chi connectivity index (χ3v) is 3.57. The van der Waals surface area contributed by atoms with Gasteiger partial charge in [0.1, 0.15) is 6.04 Å². The summed E-state index contributed by atoms with van der Waals surface area (Å²) >= 11 is 0. The molecule has 0 aliphatic heterocycles. The number of hydrogen-bond acceptors (Lipinski definition) is 4. The van der Waals surface area contributed by atoms with E-state index < -0.39 is 0 Å². The molecule has 0 aromatic rings. The normalized spacial score (nSPS) is 18.9. The van der Waals surface area contributed by atoms with E-state index in [1.54, 1.807) is 7.11 Å². The molecule has 1 rings (SSSR count). The van der Waals surface area contributed by atoms with Crippen LogP contribution in [-0.4, -0.2) is 49.8 Å². The molecule has 4 nitrogen and oxygen atoms in total. The van der Waals surface area contributed by atoms with Gasteiger partial charge in [-0.25, -0.2) is 0 Å². The van der Waals surface area contributed by atoms with Crippen LogP contribution < -0.4 is 5.32 Å². The van der Waals surface area contributed by atoms with Crippen molar-refractivity contribution in [2.75, 3.05) is 26.8 Å². The molecule has 4 heteroatoms. The molecule has 2 atom stereocenters. The molecule has 1 aliphatic rings. The molecule has 0 radical (unpaired) electrons. The van der Waals surface area contributed by atoms with Crippen molar-refractivity contribution in [1.29, 1.82) is 5.26 Å². The molecule has 18 heavy (non-hydrogen) atoms. The number of nitriles is 1. The molecule has 104 valence electrons. The van der Waals surface area contributed by atoms with Gasteiger partial charge in [0.2, 0.25) is 0 Å². The van der Waals surface area contributed by atoms with E-state index in [0.29, 0.717) is 12.1 Å². The van der Waals surface area contributed by atoms with E-state index in [1.165, 1.54) is 12.8 Å². The van der Waals surface area contributed by atoms with Crippen molar-refractivity contribution in [3.8, 4) is 6.07 Å². The van der Waals surface area contributed by atoms with Gasteiger partial charge in [0.25, 0.3) is 0 Å². The molecular weight excluding hydrogens is 226 g/mol. The molecule has 1 fully saturated rings. The van der Waals surface area contributed by atoms with Gasteiger partial charge < -0.3 is 4.74 Å². The fourth-order valence-corrected chi connectivity index (χ4v) is 2.31. The van der Waals surface area contributed by atoms with Gasteiger partial charge >= 0.3 is 0 Å². The molecule has 0 amide bonds. The van der Waals surface area contributed by atoms with E-state index in [9.17, 15) is 5.26 Å². The summed E-state index contributed by atoms with van der Waals surface area (Å²) in [5, 5.41) is 12.5. The first kappa shape index (κ1) is 15.4. The van der Waals surface area contributed by atoms with E-state index in [1.807, 2.05) is 0 Å². The highest BCUT2D eigenvalue weighted by molar-refractivity contribution is 4.95. The number of ether oxygens (including phenoxy) is 1. The Bertz CT molecular complexity index is 271. The quantitative estimate of drug-likeness (QED) is 0.678. The number of nitrogens with one attached hydrogen (secondary N) is 1. The summed E-state index contributed by atoms with van der Waals surface area (Å²) in [4.78, 5) is 2.39. The Kier molecular flexibility index (Phi) is 6.62. The third kappa shape index (κ3) is 5.34. The van der Waals surface area contributed by atoms with Crippen molar-refractivity contribution >= 4 is 0 Å². The van der Waals surface area contributed by atoms with Crippen LogP contribution in [0.3, 0.4) is 0 Å². The topological polar surface area (TPSA) is 48.3 Å². The van der Waals surface area contributed by atoms with E-state index in [2.05, 4.69) is 37.1 Å². The smallest absolute Gasteiger partial charge is 0.108 e. The Labute approximate surface area is 111 Å². The van der Waals surface area contributed by atoms with Gasteiger partial charge in [0.15, 0.2) is 0 Å². The van der Waals surface area contributed by atoms with Crippen molar-refractivity contribution in [3.63, 3.8) is 0 Å². The van der Waals surface area contributed by atoms with Crippen molar-refractivity contribution in [3.05, 3.63) is 0 Å². The average Bonchev–Trinajstić information content (AvgIpc) is 3.15. The number of rotatable bonds is 9. The van der Waals surface area contributed by atoms with E-state index in [-0.39, 0.29) is 6.04 Å². The predicted octanol–water partition coefficient (Wildman–Crippen LogP) is 1.62. The Morgan fingerprint density at radius 2 is 2.06 bits per heavy atom. The molecule has 1 saturated carbocycles. The molecule has 1 N–H and O–H groups in total. The number of hydrogen-bond donors (Lipinski definition) is 1. The highest BCUT2D eigenvalue weighted by Crippen LogP contribution is 2.35. The number of nitrogens with zero attached hydrogens (tertiary/aromatic N) is 2. The van der Waals surface area contributed by atoms with Crippen LogP contribution in [0.2, 0.25) is 0 Å². The first-order valence-electron chi connectivity index (χ1n) is 6.97. The largest absolute Gasteiger partial charge is 0.383 e. The highest BCUT2D eigenvalue weighted by atomic mass is 16.5. The lowest BCUT2D eigenvalue weighted by Gasteiger charge is -2.31. The minimum Gasteiger partial charge on any atom is -0.383 e. The SMILES string of the molecule is COCCN(CC(C#N)NC(C)C)C(C)C1CC1. The van der Waals surface area contributed by atoms with Crippen LogP contribution in [0.15, 0.2) is 0 Å². The van der Waals surface area contributed by atoms with Crippen molar-refractivity contribution < 1.29 is 4.74 Å². The molecule has 0 aromatic carbocycles. The van der Waals surface area contributed by atoms with Gasteiger partial charge in [0.05, 0.1) is 12.7 Å². The van der Waals surface area contributed by atoms with Crippen molar-refractivity contribution in [2.45, 2.75) is 51.7 Å². The summed E-state index contributed by atoms with van der Waals surface area (Å²) < 4.78 is 5.17. The first-order chi connectivity index (χ1) is 8.58. The molecule has 1 aliphatic carbocycles. The summed E-state index contributed by atoms with van der Waals surface area (Å²) in [5.41, 5.74) is 0. The van der Waals surface area contributed by atoms with E-state index >= 15 is 0 Å². The molecule has 0 spiro atoms. The van der Waals surface area contributed by atoms with Crippen LogP contribution >= 0.6 is 0 Å². The second-order valence-electron chi connectivity index (χ2n) is 5.57.